The van der Waals surface area contributed by atoms with Crippen molar-refractivity contribution in [3.8, 4) is 0 Å². The molecule has 0 N–H and O–H groups in total. The molecule has 9 aliphatic carbocycles. The zero-order valence-electron chi connectivity index (χ0n) is 54.6. The Balaban J connectivity index is 0.746. The first-order chi connectivity index (χ1) is 44.8. The van der Waals surface area contributed by atoms with Gasteiger partial charge in [0.15, 0.2) is 0 Å². The maximum Gasteiger partial charge on any atom is 0.478 e. The minimum absolute atomic E-state index is 0.330. The lowest BCUT2D eigenvalue weighted by atomic mass is 9.87. The van der Waals surface area contributed by atoms with Gasteiger partial charge < -0.3 is 82.5 Å². The second-order valence-electron chi connectivity index (χ2n) is 34.7. The molecule has 9 saturated carbocycles. The second-order valence-corrected chi connectivity index (χ2v) is 59.4. The summed E-state index contributed by atoms with van der Waals surface area (Å²) in [6.07, 6.45) is 40.1. The van der Waals surface area contributed by atoms with Crippen molar-refractivity contribution < 1.29 is 82.5 Å². The number of ether oxygens (including phenoxy) is 7. The van der Waals surface area contributed by atoms with Crippen molar-refractivity contribution in [2.24, 2.45) is 59.2 Å². The zero-order chi connectivity index (χ0) is 60.3. The van der Waals surface area contributed by atoms with Crippen molar-refractivity contribution in [2.75, 3.05) is 0 Å². The summed E-state index contributed by atoms with van der Waals surface area (Å²) in [5.41, 5.74) is 0. The summed E-state index contributed by atoms with van der Waals surface area (Å²) in [6, 6.07) is 4.68. The monoisotopic (exact) mass is 1410 g/mol. The van der Waals surface area contributed by atoms with E-state index < -0.39 is 70.4 Å². The summed E-state index contributed by atoms with van der Waals surface area (Å²) < 4.78 is 149. The lowest BCUT2D eigenvalue weighted by Crippen LogP contribution is -2.88. The zero-order valence-corrected chi connectivity index (χ0v) is 62.6. The molecule has 13 saturated heterocycles. The molecule has 13 aliphatic heterocycles. The van der Waals surface area contributed by atoms with Gasteiger partial charge in [-0.05, 0) is 265 Å². The molecule has 22 aliphatic rings. The predicted molar refractivity (Wildman–Crippen MR) is 345 cm³/mol. The second kappa shape index (κ2) is 23.2. The van der Waals surface area contributed by atoms with Crippen LogP contribution in [0.15, 0.2) is 0 Å². The Labute approximate surface area is 554 Å². The van der Waals surface area contributed by atoms with Gasteiger partial charge in [0.05, 0.1) is 85.5 Å². The highest BCUT2D eigenvalue weighted by molar-refractivity contribution is 7.03. The highest BCUT2D eigenvalue weighted by Crippen LogP contribution is 2.60. The van der Waals surface area contributed by atoms with Crippen molar-refractivity contribution in [1.82, 2.24) is 0 Å². The molecule has 92 heavy (non-hydrogen) atoms. The number of hydrogen-bond donors (Lipinski definition) is 0. The van der Waals surface area contributed by atoms with E-state index in [1.54, 1.807) is 0 Å². The maximum atomic E-state index is 8.76. The smallest absolute Gasteiger partial charge is 0.373 e. The standard InChI is InChI=1S/C65H106O19Si8/c1-9-50-41-51(50)33-42(1)17-25-85-73-86(26-18-43-2-10-52-59(34-43)66-52)76-89(29-21-46-5-13-55-62(37-46)69-55)78-87(74-85,27-19-44-3-11-53-60(35-44)67-53)80-91(31-23-48-7-15-57-64(39-48)71-57)81-88(75-85,28-20-45-4-12-54-61(36-45)68-54)79-90(77-86,30-22-47-6-14-56-63(38-47)70-56)83-92(82-89,84-91)32-24-49-8-16-58-65(40-49)72-58/h42-65H,1-41H2. The molecule has 19 nitrogen and oxygen atoms in total. The van der Waals surface area contributed by atoms with Crippen LogP contribution in [0.5, 0.6) is 0 Å². The van der Waals surface area contributed by atoms with Crippen molar-refractivity contribution in [1.29, 1.82) is 0 Å². The van der Waals surface area contributed by atoms with Crippen LogP contribution in [-0.2, 0) is 82.5 Å². The molecule has 24 atom stereocenters. The fourth-order valence-corrected chi connectivity index (χ4v) is 73.7. The van der Waals surface area contributed by atoms with Crippen LogP contribution in [0, 0.1) is 59.2 Å². The number of epoxide rings is 7. The minimum Gasteiger partial charge on any atom is -0.373 e. The fraction of sp³-hybridized carbons (Fsp3) is 1.00. The summed E-state index contributed by atoms with van der Waals surface area (Å²) in [6.45, 7) is 0. The van der Waals surface area contributed by atoms with Crippen molar-refractivity contribution in [2.45, 2.75) is 346 Å². The molecule has 24 unspecified atom stereocenters. The average Bonchev–Trinajstić information content (AvgIpc) is 1.64. The van der Waals surface area contributed by atoms with Crippen LogP contribution in [0.3, 0.4) is 0 Å². The minimum atomic E-state index is -4.19. The SMILES string of the molecule is C1CC2CC2CC1CC[Si]12O[Si]3(CCC4CCC5OC5C4)O[Si]4(CCC5CCC6OC6C5)O[Si](CCC5CCC6OC6C5)(O1)O[Si]1(CCC5CCC6OC6C5)O[Si](CCC5CCC6OC6C5)(O2)O[Si](CCC2CCC5OC5C2)(O3)O[Si](CCC2CCC3OC3C2)(O4)O1. The van der Waals surface area contributed by atoms with E-state index in [9.17, 15) is 0 Å². The normalized spacial score (nSPS) is 58.4. The summed E-state index contributed by atoms with van der Waals surface area (Å²) in [5, 5.41) is 0. The quantitative estimate of drug-likeness (QED) is 0.0652. The van der Waals surface area contributed by atoms with E-state index in [0.29, 0.717) is 181 Å². The molecule has 512 valence electrons. The molecule has 22 rings (SSSR count). The van der Waals surface area contributed by atoms with Crippen LogP contribution in [-0.4, -0.2) is 156 Å². The van der Waals surface area contributed by atoms with Gasteiger partial charge in [0, 0.05) is 48.4 Å². The van der Waals surface area contributed by atoms with Crippen LogP contribution < -0.4 is 0 Å². The Kier molecular flexibility index (Phi) is 15.6. The van der Waals surface area contributed by atoms with E-state index in [1.807, 2.05) is 0 Å². The third kappa shape index (κ3) is 12.7. The third-order valence-corrected chi connectivity index (χ3v) is 65.1. The molecule has 0 spiro atoms. The Hall–Kier alpha value is 0.975. The Bertz CT molecular complexity index is 2180. The summed E-state index contributed by atoms with van der Waals surface area (Å²) >= 11 is 0. The molecule has 0 amide bonds. The van der Waals surface area contributed by atoms with Gasteiger partial charge in [-0.2, -0.15) is 0 Å². The molecule has 13 heterocycles. The molecule has 0 aromatic rings. The first-order valence-corrected chi connectivity index (χ1v) is 54.3. The van der Waals surface area contributed by atoms with Gasteiger partial charge >= 0.3 is 70.4 Å². The van der Waals surface area contributed by atoms with E-state index in [1.165, 1.54) is 25.7 Å². The predicted octanol–water partition coefficient (Wildman–Crippen LogP) is 12.3. The Morgan fingerprint density at radius 1 is 0.163 bits per heavy atom. The lowest BCUT2D eigenvalue weighted by Gasteiger charge is -2.63. The molecule has 0 radical (unpaired) electrons. The van der Waals surface area contributed by atoms with Gasteiger partial charge in [-0.25, -0.2) is 0 Å². The Morgan fingerprint density at radius 2 is 0.337 bits per heavy atom. The Morgan fingerprint density at radius 3 is 0.511 bits per heavy atom. The van der Waals surface area contributed by atoms with Gasteiger partial charge in [-0.1, -0.05) is 6.42 Å². The number of rotatable bonds is 24. The molecule has 0 aromatic heterocycles. The van der Waals surface area contributed by atoms with Gasteiger partial charge in [0.2, 0.25) is 0 Å². The van der Waals surface area contributed by atoms with E-state index in [4.69, 9.17) is 82.5 Å². The first kappa shape index (κ1) is 61.6. The molecular formula is C65H106O19Si8. The summed E-state index contributed by atoms with van der Waals surface area (Å²) in [5.74, 6) is 5.24. The van der Waals surface area contributed by atoms with Crippen molar-refractivity contribution in [3.05, 3.63) is 0 Å². The van der Waals surface area contributed by atoms with Crippen molar-refractivity contribution in [3.63, 3.8) is 0 Å². The topological polar surface area (TPSA) is 198 Å². The molecular weight excluding hydrogens is 1310 g/mol. The van der Waals surface area contributed by atoms with E-state index in [-0.39, 0.29) is 0 Å². The first-order valence-electron chi connectivity index (χ1n) is 38.8. The summed E-state index contributed by atoms with van der Waals surface area (Å²) in [4.78, 5) is 0. The van der Waals surface area contributed by atoms with Gasteiger partial charge in [-0.3, -0.25) is 0 Å². The maximum absolute atomic E-state index is 8.76. The molecule has 0 aromatic carbocycles. The van der Waals surface area contributed by atoms with Gasteiger partial charge in [0.1, 0.15) is 0 Å². The number of hydrogen-bond acceptors (Lipinski definition) is 19. The highest BCUT2D eigenvalue weighted by atomic mass is 28.6. The van der Waals surface area contributed by atoms with E-state index >= 15 is 0 Å². The van der Waals surface area contributed by atoms with Gasteiger partial charge in [0.25, 0.3) is 0 Å². The number of fused-ring (bicyclic) bond motifs is 8. The van der Waals surface area contributed by atoms with E-state index in [2.05, 4.69) is 0 Å². The average molecular weight is 1420 g/mol. The molecule has 22 fully saturated rings. The van der Waals surface area contributed by atoms with Crippen molar-refractivity contribution >= 4 is 70.4 Å². The highest BCUT2D eigenvalue weighted by Gasteiger charge is 2.83. The van der Waals surface area contributed by atoms with Gasteiger partial charge in [-0.15, -0.1) is 0 Å². The fourth-order valence-electron chi connectivity index (χ4n) is 22.1. The van der Waals surface area contributed by atoms with Crippen LogP contribution in [0.2, 0.25) is 48.4 Å². The largest absolute Gasteiger partial charge is 0.478 e. The van der Waals surface area contributed by atoms with Crippen LogP contribution in [0.1, 0.15) is 212 Å². The third-order valence-electron chi connectivity index (χ3n) is 28.0. The molecule has 27 heteroatoms. The van der Waals surface area contributed by atoms with Crippen LogP contribution in [0.25, 0.3) is 0 Å². The van der Waals surface area contributed by atoms with E-state index in [0.717, 1.165) is 198 Å². The summed E-state index contributed by atoms with van der Waals surface area (Å²) in [7, 11) is -33.5. The lowest BCUT2D eigenvalue weighted by molar-refractivity contribution is -0.0333. The molecule has 8 bridgehead atoms. The van der Waals surface area contributed by atoms with Crippen LogP contribution >= 0.6 is 0 Å². The van der Waals surface area contributed by atoms with Crippen LogP contribution in [0.4, 0.5) is 0 Å².